The summed E-state index contributed by atoms with van der Waals surface area (Å²) in [6, 6.07) is 42.2. The van der Waals surface area contributed by atoms with Crippen molar-refractivity contribution in [1.82, 2.24) is 0 Å². The van der Waals surface area contributed by atoms with E-state index >= 15 is 0 Å². The number of rotatable bonds is 7. The van der Waals surface area contributed by atoms with E-state index in [0.29, 0.717) is 11.5 Å². The molecule has 3 nitrogen and oxygen atoms in total. The summed E-state index contributed by atoms with van der Waals surface area (Å²) in [5.41, 5.74) is 7.49. The maximum Gasteiger partial charge on any atom is 0.293 e. The summed E-state index contributed by atoms with van der Waals surface area (Å²) in [6.07, 6.45) is 0. The second-order valence-electron chi connectivity index (χ2n) is 7.81. The molecule has 0 unspecified atom stereocenters. The first-order valence-corrected chi connectivity index (χ1v) is 10.8. The molecule has 2 N–H and O–H groups in total. The Kier molecular flexibility index (Phi) is 4.90. The molecule has 5 aromatic carbocycles. The smallest absolute Gasteiger partial charge is 0.293 e. The molecule has 0 bridgehead atoms. The fraction of sp³-hybridized carbons (Fsp3) is 0. The number of hydrogen-bond donors (Lipinski definition) is 2. The van der Waals surface area contributed by atoms with Gasteiger partial charge in [0, 0.05) is 17.1 Å². The molecule has 5 rings (SSSR count). The van der Waals surface area contributed by atoms with Crippen molar-refractivity contribution >= 4 is 17.1 Å². The SMILES string of the molecule is [3H]Oc1ccc(-c2ccc(N(c3ccccc3)c3ccc(-c4ccc(O[3H])cc4)cc3)cc2)cc1. The van der Waals surface area contributed by atoms with Gasteiger partial charge < -0.3 is 15.1 Å². The lowest BCUT2D eigenvalue weighted by Gasteiger charge is -2.26. The second-order valence-corrected chi connectivity index (χ2v) is 7.81. The lowest BCUT2D eigenvalue weighted by molar-refractivity contribution is 0.475. The van der Waals surface area contributed by atoms with Crippen LogP contribution in [0.1, 0.15) is 0 Å². The standard InChI is InChI=1S/C30H23NO2/c32-29-18-10-24(11-19-29)22-6-14-27(15-7-22)31(26-4-2-1-3-5-26)28-16-8-23(9-17-28)25-12-20-30(33)21-13-25/h1-21,32-33H/i/hT2. The first-order valence-electron chi connectivity index (χ1n) is 11.6. The predicted molar refractivity (Wildman–Crippen MR) is 135 cm³/mol. The van der Waals surface area contributed by atoms with Crippen molar-refractivity contribution in [3.05, 3.63) is 127 Å². The van der Waals surface area contributed by atoms with Crippen LogP contribution >= 0.6 is 0 Å². The van der Waals surface area contributed by atoms with Gasteiger partial charge >= 0.3 is 0 Å². The zero-order valence-electron chi connectivity index (χ0n) is 19.9. The number of para-hydroxylation sites is 1. The number of aromatic hydroxyl groups is 2. The van der Waals surface area contributed by atoms with E-state index in [4.69, 9.17) is 2.86 Å². The van der Waals surface area contributed by atoms with Gasteiger partial charge in [0.15, 0.2) is 0 Å². The minimum Gasteiger partial charge on any atom is -0.508 e. The van der Waals surface area contributed by atoms with Crippen LogP contribution < -0.4 is 4.90 Å². The number of hydrogen-bond acceptors (Lipinski definition) is 3. The van der Waals surface area contributed by atoms with Crippen LogP contribution in [-0.4, -0.2) is 13.1 Å². The number of benzene rings is 5. The number of anilines is 3. The molecule has 0 fully saturated rings. The van der Waals surface area contributed by atoms with Crippen LogP contribution in [0.15, 0.2) is 127 Å². The highest BCUT2D eigenvalue weighted by atomic mass is 16.3. The molecule has 5 aromatic rings. The minimum absolute atomic E-state index is 0.518. The molecule has 0 heterocycles. The van der Waals surface area contributed by atoms with Gasteiger partial charge in [0.1, 0.15) is 11.5 Å². The number of nitrogens with zero attached hydrogens (tertiary/aromatic N) is 1. The molecule has 0 amide bonds. The van der Waals surface area contributed by atoms with Gasteiger partial charge in [-0.3, -0.25) is 0 Å². The third kappa shape index (κ3) is 4.43. The van der Waals surface area contributed by atoms with Crippen molar-refractivity contribution in [3.63, 3.8) is 0 Å². The summed E-state index contributed by atoms with van der Waals surface area (Å²) in [7, 11) is 0. The quantitative estimate of drug-likeness (QED) is 0.274. The lowest BCUT2D eigenvalue weighted by Crippen LogP contribution is -2.09. The van der Waals surface area contributed by atoms with Gasteiger partial charge in [-0.25, -0.2) is 0 Å². The molecule has 0 saturated carbocycles. The van der Waals surface area contributed by atoms with Crippen LogP contribution in [0.4, 0.5) is 17.1 Å². The maximum atomic E-state index is 7.02. The number of phenolic OH excluding ortho intramolecular Hbond substituents is 2. The number of phenols is 2. The molecule has 3 heteroatoms. The molecule has 160 valence electrons. The Bertz CT molecular complexity index is 1280. The molecular weight excluding hydrogens is 406 g/mol. The summed E-state index contributed by atoms with van der Waals surface area (Å²) in [5, 5.41) is 9.06. The molecule has 0 radical (unpaired) electrons. The molecule has 0 atom stereocenters. The van der Waals surface area contributed by atoms with Crippen molar-refractivity contribution in [1.29, 1.82) is 2.86 Å². The van der Waals surface area contributed by atoms with Crippen molar-refractivity contribution < 1.29 is 10.2 Å². The van der Waals surface area contributed by atoms with E-state index in [1.807, 2.05) is 42.5 Å². The van der Waals surface area contributed by atoms with Gasteiger partial charge in [-0.2, -0.15) is 0 Å². The minimum atomic E-state index is 0.518. The highest BCUT2D eigenvalue weighted by molar-refractivity contribution is 5.79. The van der Waals surface area contributed by atoms with E-state index in [0.717, 1.165) is 39.3 Å². The predicted octanol–water partition coefficient (Wildman–Crippen LogP) is 7.90. The molecule has 0 saturated heterocycles. The highest BCUT2D eigenvalue weighted by Crippen LogP contribution is 2.36. The molecule has 0 spiro atoms. The Balaban J connectivity index is 1.47. The third-order valence-electron chi connectivity index (χ3n) is 5.64. The average Bonchev–Trinajstić information content (AvgIpc) is 2.95. The van der Waals surface area contributed by atoms with Crippen LogP contribution in [0.5, 0.6) is 11.5 Å². The van der Waals surface area contributed by atoms with Crippen LogP contribution in [0.3, 0.4) is 0 Å². The van der Waals surface area contributed by atoms with E-state index < -0.39 is 0 Å². The molecule has 0 aliphatic carbocycles. The summed E-state index contributed by atoms with van der Waals surface area (Å²) < 4.78 is 14.0. The van der Waals surface area contributed by atoms with E-state index in [9.17, 15) is 0 Å². The Morgan fingerprint density at radius 3 is 1.09 bits per heavy atom. The molecular formula is C30H23NO2. The highest BCUT2D eigenvalue weighted by Gasteiger charge is 2.13. The average molecular weight is 434 g/mol. The Morgan fingerprint density at radius 2 is 0.727 bits per heavy atom. The van der Waals surface area contributed by atoms with Crippen molar-refractivity contribution in [2.75, 3.05) is 4.90 Å². The van der Waals surface area contributed by atoms with Crippen LogP contribution in [0.25, 0.3) is 22.3 Å². The van der Waals surface area contributed by atoms with Crippen molar-refractivity contribution in [3.8, 4) is 33.8 Å². The zero-order valence-corrected chi connectivity index (χ0v) is 17.9. The molecule has 33 heavy (non-hydrogen) atoms. The van der Waals surface area contributed by atoms with Gasteiger partial charge in [-0.15, -0.1) is 0 Å². The van der Waals surface area contributed by atoms with Crippen LogP contribution in [-0.2, 0) is 0 Å². The largest absolute Gasteiger partial charge is 0.508 e. The van der Waals surface area contributed by atoms with E-state index in [2.05, 4.69) is 75.8 Å². The zero-order chi connectivity index (χ0) is 24.0. The Morgan fingerprint density at radius 1 is 0.394 bits per heavy atom. The molecule has 0 aliphatic heterocycles. The van der Waals surface area contributed by atoms with Gasteiger partial charge in [0.05, 0.1) is 0 Å². The monoisotopic (exact) mass is 433 g/mol. The fourth-order valence-electron chi connectivity index (χ4n) is 3.92. The first kappa shape index (κ1) is 18.1. The van der Waals surface area contributed by atoms with Gasteiger partial charge in [-0.05, 0) is 82.9 Å². The maximum absolute atomic E-state index is 7.02. The first-order chi connectivity index (χ1) is 17.2. The molecule has 0 aliphatic rings. The van der Waals surface area contributed by atoms with Crippen LogP contribution in [0, 0.1) is 0 Å². The van der Waals surface area contributed by atoms with E-state index in [1.165, 1.54) is 0 Å². The lowest BCUT2D eigenvalue weighted by atomic mass is 10.0. The van der Waals surface area contributed by atoms with E-state index in [-0.39, 0.29) is 0 Å². The summed E-state index contributed by atoms with van der Waals surface area (Å²) in [6.45, 7) is 0. The summed E-state index contributed by atoms with van der Waals surface area (Å²) in [4.78, 5) is 2.22. The van der Waals surface area contributed by atoms with Gasteiger partial charge in [-0.1, -0.05) is 66.7 Å². The van der Waals surface area contributed by atoms with Crippen molar-refractivity contribution in [2.24, 2.45) is 0 Å². The molecule has 0 aromatic heterocycles. The summed E-state index contributed by atoms with van der Waals surface area (Å²) >= 11 is 0. The Labute approximate surface area is 196 Å². The fourth-order valence-corrected chi connectivity index (χ4v) is 3.92. The van der Waals surface area contributed by atoms with Crippen molar-refractivity contribution in [2.45, 2.75) is 0 Å². The van der Waals surface area contributed by atoms with Crippen LogP contribution in [0.2, 0.25) is 0 Å². The topological polar surface area (TPSA) is 43.7 Å². The Hall–Kier alpha value is -4.50. The van der Waals surface area contributed by atoms with E-state index in [1.54, 1.807) is 24.3 Å². The second kappa shape index (κ2) is 8.93. The normalized spacial score (nSPS) is 11.3. The van der Waals surface area contributed by atoms with Gasteiger partial charge in [0.2, 0.25) is 0 Å². The van der Waals surface area contributed by atoms with Gasteiger partial charge in [0.25, 0.3) is 2.86 Å². The summed E-state index contributed by atoms with van der Waals surface area (Å²) in [5.74, 6) is 1.04. The third-order valence-corrected chi connectivity index (χ3v) is 5.64.